The Balaban J connectivity index is 1.51. The molecule has 3 rings (SSSR count). The first-order valence-corrected chi connectivity index (χ1v) is 11.0. The zero-order valence-electron chi connectivity index (χ0n) is 18.7. The summed E-state index contributed by atoms with van der Waals surface area (Å²) in [7, 11) is 0. The number of amides is 1. The summed E-state index contributed by atoms with van der Waals surface area (Å²) in [6, 6.07) is 26.3. The number of aryl methyl sites for hydroxylation is 1. The van der Waals surface area contributed by atoms with E-state index in [4.69, 9.17) is 15.7 Å². The summed E-state index contributed by atoms with van der Waals surface area (Å²) in [5, 5.41) is 12.3. The molecule has 5 nitrogen and oxygen atoms in total. The number of benzene rings is 3. The molecule has 33 heavy (non-hydrogen) atoms. The van der Waals surface area contributed by atoms with E-state index in [9.17, 15) is 4.79 Å². The van der Waals surface area contributed by atoms with Gasteiger partial charge in [0.05, 0.1) is 6.07 Å². The van der Waals surface area contributed by atoms with Crippen molar-refractivity contribution in [1.29, 1.82) is 5.26 Å². The number of primary amides is 1. The number of nitrogens with two attached hydrogens (primary N) is 1. The number of rotatable bonds is 12. The molecular weight excluding hydrogens is 410 g/mol. The predicted octanol–water partition coefficient (Wildman–Crippen LogP) is 5.61. The van der Waals surface area contributed by atoms with Crippen LogP contribution in [0.1, 0.15) is 41.5 Å². The molecule has 0 aliphatic carbocycles. The molecule has 0 aromatic heterocycles. The SMILES string of the molecule is C=C(CCC#N)c1ccccc1NCc1ccc(COc2ccc(CCC(N)=O)cc2)cc1. The van der Waals surface area contributed by atoms with Crippen molar-refractivity contribution in [1.82, 2.24) is 0 Å². The minimum Gasteiger partial charge on any atom is -0.489 e. The summed E-state index contributed by atoms with van der Waals surface area (Å²) in [6.07, 6.45) is 2.13. The van der Waals surface area contributed by atoms with Gasteiger partial charge >= 0.3 is 0 Å². The predicted molar refractivity (Wildman–Crippen MR) is 132 cm³/mol. The van der Waals surface area contributed by atoms with Crippen molar-refractivity contribution >= 4 is 17.2 Å². The summed E-state index contributed by atoms with van der Waals surface area (Å²) in [6.45, 7) is 5.31. The number of carbonyl (C=O) groups is 1. The van der Waals surface area contributed by atoms with Gasteiger partial charge in [-0.1, -0.05) is 61.2 Å². The highest BCUT2D eigenvalue weighted by Crippen LogP contribution is 2.26. The highest BCUT2D eigenvalue weighted by atomic mass is 16.5. The van der Waals surface area contributed by atoms with Crippen LogP contribution in [-0.2, 0) is 24.4 Å². The van der Waals surface area contributed by atoms with Crippen LogP contribution in [-0.4, -0.2) is 5.91 Å². The topological polar surface area (TPSA) is 88.1 Å². The zero-order valence-corrected chi connectivity index (χ0v) is 18.7. The van der Waals surface area contributed by atoms with E-state index in [1.807, 2.05) is 48.5 Å². The normalized spacial score (nSPS) is 10.3. The van der Waals surface area contributed by atoms with Gasteiger partial charge in [0.25, 0.3) is 0 Å². The van der Waals surface area contributed by atoms with Crippen LogP contribution in [0.4, 0.5) is 5.69 Å². The lowest BCUT2D eigenvalue weighted by molar-refractivity contribution is -0.117. The highest BCUT2D eigenvalue weighted by molar-refractivity contribution is 5.75. The molecule has 5 heteroatoms. The molecule has 3 aromatic carbocycles. The fourth-order valence-corrected chi connectivity index (χ4v) is 3.42. The van der Waals surface area contributed by atoms with Crippen molar-refractivity contribution in [2.24, 2.45) is 5.73 Å². The summed E-state index contributed by atoms with van der Waals surface area (Å²) >= 11 is 0. The minimum absolute atomic E-state index is 0.292. The lowest BCUT2D eigenvalue weighted by atomic mass is 10.0. The Kier molecular flexibility index (Phi) is 8.67. The van der Waals surface area contributed by atoms with Gasteiger partial charge in [0.15, 0.2) is 0 Å². The van der Waals surface area contributed by atoms with E-state index in [-0.39, 0.29) is 5.91 Å². The summed E-state index contributed by atoms with van der Waals surface area (Å²) in [4.78, 5) is 10.9. The average Bonchev–Trinajstić information content (AvgIpc) is 2.85. The van der Waals surface area contributed by atoms with Gasteiger partial charge in [-0.05, 0) is 53.3 Å². The average molecular weight is 440 g/mol. The molecule has 168 valence electrons. The van der Waals surface area contributed by atoms with Crippen LogP contribution in [0.3, 0.4) is 0 Å². The van der Waals surface area contributed by atoms with Crippen LogP contribution in [0.15, 0.2) is 79.4 Å². The molecule has 1 amide bonds. The molecule has 0 bridgehead atoms. The number of anilines is 1. The molecule has 0 aliphatic rings. The van der Waals surface area contributed by atoms with Crippen molar-refractivity contribution < 1.29 is 9.53 Å². The number of carbonyl (C=O) groups excluding carboxylic acids is 1. The molecule has 3 N–H and O–H groups in total. The molecule has 0 aliphatic heterocycles. The van der Waals surface area contributed by atoms with Gasteiger partial charge in [0.2, 0.25) is 5.91 Å². The van der Waals surface area contributed by atoms with Gasteiger partial charge in [-0.15, -0.1) is 0 Å². The number of hydrogen-bond acceptors (Lipinski definition) is 4. The first kappa shape index (κ1) is 23.6. The van der Waals surface area contributed by atoms with Gasteiger partial charge in [-0.3, -0.25) is 4.79 Å². The van der Waals surface area contributed by atoms with E-state index in [2.05, 4.69) is 42.2 Å². The Morgan fingerprint density at radius 1 is 0.939 bits per heavy atom. The summed E-state index contributed by atoms with van der Waals surface area (Å²) in [5.74, 6) is 0.496. The van der Waals surface area contributed by atoms with Gasteiger partial charge in [-0.25, -0.2) is 0 Å². The number of nitrogens with one attached hydrogen (secondary N) is 1. The monoisotopic (exact) mass is 439 g/mol. The Hall–Kier alpha value is -4.04. The molecule has 0 saturated heterocycles. The molecule has 0 saturated carbocycles. The van der Waals surface area contributed by atoms with Crippen LogP contribution >= 0.6 is 0 Å². The van der Waals surface area contributed by atoms with E-state index in [1.54, 1.807) is 0 Å². The number of nitrogens with zero attached hydrogens (tertiary/aromatic N) is 1. The van der Waals surface area contributed by atoms with Crippen LogP contribution in [0.25, 0.3) is 5.57 Å². The second kappa shape index (κ2) is 12.1. The van der Waals surface area contributed by atoms with Crippen LogP contribution in [0.2, 0.25) is 0 Å². The van der Waals surface area contributed by atoms with Crippen LogP contribution < -0.4 is 15.8 Å². The van der Waals surface area contributed by atoms with Crippen molar-refractivity contribution in [2.75, 3.05) is 5.32 Å². The molecule has 0 heterocycles. The molecule has 0 radical (unpaired) electrons. The Morgan fingerprint density at radius 3 is 2.30 bits per heavy atom. The first-order chi connectivity index (χ1) is 16.0. The van der Waals surface area contributed by atoms with Crippen LogP contribution in [0.5, 0.6) is 5.75 Å². The van der Waals surface area contributed by atoms with Crippen molar-refractivity contribution in [2.45, 2.75) is 38.8 Å². The third kappa shape index (κ3) is 7.55. The fraction of sp³-hybridized carbons (Fsp3) is 0.214. The molecule has 0 atom stereocenters. The van der Waals surface area contributed by atoms with Crippen LogP contribution in [0, 0.1) is 11.3 Å². The second-order valence-electron chi connectivity index (χ2n) is 7.88. The van der Waals surface area contributed by atoms with Gasteiger partial charge in [0.1, 0.15) is 12.4 Å². The molecule has 0 unspecified atom stereocenters. The lowest BCUT2D eigenvalue weighted by Gasteiger charge is -2.14. The van der Waals surface area contributed by atoms with Crippen molar-refractivity contribution in [3.8, 4) is 11.8 Å². The zero-order chi connectivity index (χ0) is 23.5. The second-order valence-corrected chi connectivity index (χ2v) is 7.88. The highest BCUT2D eigenvalue weighted by Gasteiger charge is 2.06. The molecule has 0 fully saturated rings. The van der Waals surface area contributed by atoms with E-state index in [0.717, 1.165) is 39.3 Å². The number of allylic oxidation sites excluding steroid dienone is 1. The Bertz CT molecular complexity index is 1110. The van der Waals surface area contributed by atoms with E-state index in [1.165, 1.54) is 0 Å². The number of hydrogen-bond donors (Lipinski definition) is 2. The summed E-state index contributed by atoms with van der Waals surface area (Å²) in [5.41, 5.74) is 11.5. The molecular formula is C28H29N3O2. The standard InChI is InChI=1S/C28H29N3O2/c1-21(5-4-18-29)26-6-2-3-7-27(26)31-19-23-8-10-24(11-9-23)20-33-25-15-12-22(13-16-25)14-17-28(30)32/h2-3,6-13,15-16,31H,1,4-5,14,17,19-20H2,(H2,30,32). The number of ether oxygens (including phenoxy) is 1. The quantitative estimate of drug-likeness (QED) is 0.384. The first-order valence-electron chi connectivity index (χ1n) is 11.0. The maximum absolute atomic E-state index is 10.9. The molecule has 0 spiro atoms. The molecule has 3 aromatic rings. The minimum atomic E-state index is -0.292. The third-order valence-electron chi connectivity index (χ3n) is 5.34. The van der Waals surface area contributed by atoms with Gasteiger partial charge in [0, 0.05) is 30.6 Å². The third-order valence-corrected chi connectivity index (χ3v) is 5.34. The van der Waals surface area contributed by atoms with E-state index >= 15 is 0 Å². The fourth-order valence-electron chi connectivity index (χ4n) is 3.42. The maximum atomic E-state index is 10.9. The smallest absolute Gasteiger partial charge is 0.217 e. The van der Waals surface area contributed by atoms with Crippen molar-refractivity contribution in [3.63, 3.8) is 0 Å². The Morgan fingerprint density at radius 2 is 1.61 bits per heavy atom. The van der Waals surface area contributed by atoms with Gasteiger partial charge in [-0.2, -0.15) is 5.26 Å². The number of nitriles is 1. The lowest BCUT2D eigenvalue weighted by Crippen LogP contribution is -2.11. The largest absolute Gasteiger partial charge is 0.489 e. The van der Waals surface area contributed by atoms with E-state index in [0.29, 0.717) is 38.8 Å². The number of para-hydroxylation sites is 1. The summed E-state index contributed by atoms with van der Waals surface area (Å²) < 4.78 is 5.88. The van der Waals surface area contributed by atoms with E-state index < -0.39 is 0 Å². The van der Waals surface area contributed by atoms with Crippen molar-refractivity contribution in [3.05, 3.63) is 102 Å². The Labute approximate surface area is 195 Å². The maximum Gasteiger partial charge on any atom is 0.217 e. The van der Waals surface area contributed by atoms with Gasteiger partial charge < -0.3 is 15.8 Å².